The van der Waals surface area contributed by atoms with Crippen molar-refractivity contribution in [1.29, 1.82) is 0 Å². The van der Waals surface area contributed by atoms with E-state index in [1.54, 1.807) is 6.26 Å². The molecule has 0 aromatic rings. The lowest BCUT2D eigenvalue weighted by Crippen LogP contribution is -2.21. The molecule has 0 saturated heterocycles. The average Bonchev–Trinajstić information content (AvgIpc) is 2.05. The zero-order valence-electron chi connectivity index (χ0n) is 5.63. The first kappa shape index (κ1) is 5.74. The Kier molecular flexibility index (Phi) is 1.32. The zero-order valence-corrected chi connectivity index (χ0v) is 5.63. The van der Waals surface area contributed by atoms with Crippen LogP contribution in [0.1, 0.15) is 6.42 Å². The molecule has 10 heavy (non-hydrogen) atoms. The van der Waals surface area contributed by atoms with Crippen LogP contribution in [-0.4, -0.2) is 6.54 Å². The lowest BCUT2D eigenvalue weighted by Gasteiger charge is -2.17. The molecule has 2 nitrogen and oxygen atoms in total. The Morgan fingerprint density at radius 3 is 3.40 bits per heavy atom. The van der Waals surface area contributed by atoms with Crippen LogP contribution in [0.25, 0.3) is 0 Å². The molecule has 0 unspecified atom stereocenters. The number of allylic oxidation sites excluding steroid dienone is 3. The van der Waals surface area contributed by atoms with Crippen LogP contribution in [0.15, 0.2) is 35.6 Å². The molecule has 0 fully saturated rings. The van der Waals surface area contributed by atoms with E-state index in [2.05, 4.69) is 23.7 Å². The van der Waals surface area contributed by atoms with Gasteiger partial charge in [-0.1, -0.05) is 18.2 Å². The number of nitrogens with one attached hydrogen (secondary N) is 1. The molecular weight excluding hydrogens is 126 g/mol. The Morgan fingerprint density at radius 1 is 1.50 bits per heavy atom. The van der Waals surface area contributed by atoms with Crippen LogP contribution in [0.4, 0.5) is 0 Å². The van der Waals surface area contributed by atoms with Gasteiger partial charge < -0.3 is 4.84 Å². The molecule has 52 valence electrons. The molecule has 0 amide bonds. The van der Waals surface area contributed by atoms with Gasteiger partial charge in [0, 0.05) is 5.57 Å². The largest absolute Gasteiger partial charge is 0.416 e. The predicted molar refractivity (Wildman–Crippen MR) is 39.0 cm³/mol. The van der Waals surface area contributed by atoms with Gasteiger partial charge in [0.25, 0.3) is 0 Å². The normalized spacial score (nSPS) is 22.4. The molecule has 2 heteroatoms. The number of rotatable bonds is 0. The van der Waals surface area contributed by atoms with E-state index in [4.69, 9.17) is 4.84 Å². The van der Waals surface area contributed by atoms with Crippen LogP contribution in [-0.2, 0) is 4.84 Å². The smallest absolute Gasteiger partial charge is 0.118 e. The van der Waals surface area contributed by atoms with Crippen molar-refractivity contribution < 1.29 is 4.84 Å². The average molecular weight is 135 g/mol. The molecule has 0 radical (unpaired) electrons. The SMILES string of the molecule is C1=CC2=CONCC2=CC1. The lowest BCUT2D eigenvalue weighted by molar-refractivity contribution is 0.134. The van der Waals surface area contributed by atoms with Gasteiger partial charge in [-0.2, -0.15) is 5.48 Å². The summed E-state index contributed by atoms with van der Waals surface area (Å²) in [6.45, 7) is 0.830. The van der Waals surface area contributed by atoms with E-state index in [-0.39, 0.29) is 0 Å². The molecule has 0 spiro atoms. The van der Waals surface area contributed by atoms with Crippen molar-refractivity contribution in [3.63, 3.8) is 0 Å². The summed E-state index contributed by atoms with van der Waals surface area (Å²) in [6.07, 6.45) is 9.22. The van der Waals surface area contributed by atoms with Gasteiger partial charge in [-0.15, -0.1) is 0 Å². The minimum Gasteiger partial charge on any atom is -0.416 e. The van der Waals surface area contributed by atoms with Crippen LogP contribution in [0, 0.1) is 0 Å². The number of fused-ring (bicyclic) bond motifs is 1. The highest BCUT2D eigenvalue weighted by atomic mass is 16.6. The first-order valence-electron chi connectivity index (χ1n) is 3.41. The highest BCUT2D eigenvalue weighted by Gasteiger charge is 2.09. The van der Waals surface area contributed by atoms with Crippen LogP contribution in [0.3, 0.4) is 0 Å². The molecule has 2 aliphatic rings. The van der Waals surface area contributed by atoms with E-state index in [0.717, 1.165) is 13.0 Å². The summed E-state index contributed by atoms with van der Waals surface area (Å²) < 4.78 is 0. The van der Waals surface area contributed by atoms with Crippen LogP contribution in [0.2, 0.25) is 0 Å². The maximum absolute atomic E-state index is 4.93. The van der Waals surface area contributed by atoms with Gasteiger partial charge in [-0.3, -0.25) is 0 Å². The summed E-state index contributed by atoms with van der Waals surface area (Å²) >= 11 is 0. The van der Waals surface area contributed by atoms with Crippen molar-refractivity contribution in [3.8, 4) is 0 Å². The van der Waals surface area contributed by atoms with Gasteiger partial charge in [0.1, 0.15) is 6.26 Å². The summed E-state index contributed by atoms with van der Waals surface area (Å²) in [5, 5.41) is 0. The molecule has 1 heterocycles. The predicted octanol–water partition coefficient (Wildman–Crippen LogP) is 1.29. The first-order chi connectivity index (χ1) is 4.97. The highest BCUT2D eigenvalue weighted by Crippen LogP contribution is 2.19. The second kappa shape index (κ2) is 2.31. The molecule has 1 aliphatic heterocycles. The van der Waals surface area contributed by atoms with Crippen molar-refractivity contribution in [3.05, 3.63) is 35.6 Å². The van der Waals surface area contributed by atoms with Crippen molar-refractivity contribution >= 4 is 0 Å². The molecule has 2 rings (SSSR count). The van der Waals surface area contributed by atoms with Crippen molar-refractivity contribution in [2.24, 2.45) is 0 Å². The van der Waals surface area contributed by atoms with E-state index >= 15 is 0 Å². The maximum atomic E-state index is 4.93. The Labute approximate surface area is 59.8 Å². The standard InChI is InChI=1S/C8H9NO/c1-2-4-8-6-10-9-5-7(8)3-1/h2-4,6,9H,1,5H2. The van der Waals surface area contributed by atoms with E-state index in [0.29, 0.717) is 0 Å². The van der Waals surface area contributed by atoms with Crippen molar-refractivity contribution in [2.75, 3.05) is 6.54 Å². The van der Waals surface area contributed by atoms with Gasteiger partial charge in [0.05, 0.1) is 6.54 Å². The van der Waals surface area contributed by atoms with Crippen LogP contribution in [0.5, 0.6) is 0 Å². The molecule has 0 bridgehead atoms. The summed E-state index contributed by atoms with van der Waals surface area (Å²) in [7, 11) is 0. The number of hydrogen-bond acceptors (Lipinski definition) is 2. The van der Waals surface area contributed by atoms with Crippen LogP contribution < -0.4 is 5.48 Å². The van der Waals surface area contributed by atoms with Crippen molar-refractivity contribution in [1.82, 2.24) is 5.48 Å². The number of hydrogen-bond donors (Lipinski definition) is 1. The first-order valence-corrected chi connectivity index (χ1v) is 3.41. The summed E-state index contributed by atoms with van der Waals surface area (Å²) in [5.41, 5.74) is 5.35. The van der Waals surface area contributed by atoms with Gasteiger partial charge in [0.15, 0.2) is 0 Å². The second-order valence-corrected chi connectivity index (χ2v) is 2.38. The van der Waals surface area contributed by atoms with Gasteiger partial charge in [-0.25, -0.2) is 0 Å². The van der Waals surface area contributed by atoms with E-state index in [9.17, 15) is 0 Å². The van der Waals surface area contributed by atoms with E-state index < -0.39 is 0 Å². The minimum atomic E-state index is 0.830. The van der Waals surface area contributed by atoms with Gasteiger partial charge in [0.2, 0.25) is 0 Å². The molecule has 1 N–H and O–H groups in total. The second-order valence-electron chi connectivity index (χ2n) is 2.38. The molecule has 1 aliphatic carbocycles. The molecule has 0 atom stereocenters. The highest BCUT2D eigenvalue weighted by molar-refractivity contribution is 5.43. The summed E-state index contributed by atoms with van der Waals surface area (Å²) in [5.74, 6) is 0. The fraction of sp³-hybridized carbons (Fsp3) is 0.250. The third-order valence-corrected chi connectivity index (χ3v) is 1.70. The number of hydroxylamine groups is 1. The maximum Gasteiger partial charge on any atom is 0.118 e. The zero-order chi connectivity index (χ0) is 6.81. The van der Waals surface area contributed by atoms with Gasteiger partial charge >= 0.3 is 0 Å². The van der Waals surface area contributed by atoms with E-state index in [1.807, 2.05) is 0 Å². The summed E-state index contributed by atoms with van der Waals surface area (Å²) in [4.78, 5) is 4.93. The molecule has 0 aromatic heterocycles. The third kappa shape index (κ3) is 0.866. The lowest BCUT2D eigenvalue weighted by atomic mass is 10.0. The quantitative estimate of drug-likeness (QED) is 0.540. The topological polar surface area (TPSA) is 21.3 Å². The Hall–Kier alpha value is -1.02. The Bertz CT molecular complexity index is 225. The Balaban J connectivity index is 2.32. The fourth-order valence-corrected chi connectivity index (χ4v) is 1.14. The summed E-state index contributed by atoms with van der Waals surface area (Å²) in [6, 6.07) is 0. The molecule has 0 saturated carbocycles. The minimum absolute atomic E-state index is 0.830. The third-order valence-electron chi connectivity index (χ3n) is 1.70. The fourth-order valence-electron chi connectivity index (χ4n) is 1.14. The van der Waals surface area contributed by atoms with Crippen molar-refractivity contribution in [2.45, 2.75) is 6.42 Å². The van der Waals surface area contributed by atoms with Gasteiger partial charge in [-0.05, 0) is 12.0 Å². The molecule has 0 aromatic carbocycles. The van der Waals surface area contributed by atoms with E-state index in [1.165, 1.54) is 11.1 Å². The monoisotopic (exact) mass is 135 g/mol. The Morgan fingerprint density at radius 2 is 2.50 bits per heavy atom. The molecular formula is C8H9NO. The van der Waals surface area contributed by atoms with Crippen LogP contribution >= 0.6 is 0 Å².